The number of fused-ring (bicyclic) bond motifs is 1. The number of anilines is 1. The average Bonchev–Trinajstić information content (AvgIpc) is 3.66. The minimum Gasteiger partial charge on any atom is -0.465 e. The highest BCUT2D eigenvalue weighted by atomic mass is 32.1. The number of ether oxygens (including phenoxy) is 2. The number of carbonyl (C=O) groups excluding carboxylic acids is 3. The zero-order valence-electron chi connectivity index (χ0n) is 23.6. The maximum absolute atomic E-state index is 13.7. The molecule has 10 heteroatoms. The van der Waals surface area contributed by atoms with Gasteiger partial charge in [0.2, 0.25) is 5.91 Å². The van der Waals surface area contributed by atoms with Gasteiger partial charge in [-0.15, -0.1) is 11.3 Å². The summed E-state index contributed by atoms with van der Waals surface area (Å²) in [6.07, 6.45) is 4.92. The molecule has 1 aromatic carbocycles. The van der Waals surface area contributed by atoms with Gasteiger partial charge in [0.1, 0.15) is 16.5 Å². The Labute approximate surface area is 238 Å². The highest BCUT2D eigenvalue weighted by Crippen LogP contribution is 2.43. The fourth-order valence-corrected chi connectivity index (χ4v) is 6.88. The Morgan fingerprint density at radius 2 is 1.90 bits per heavy atom. The maximum Gasteiger partial charge on any atom is 0.411 e. The van der Waals surface area contributed by atoms with Crippen LogP contribution in [0.25, 0.3) is 10.4 Å². The summed E-state index contributed by atoms with van der Waals surface area (Å²) in [7, 11) is 1.32. The number of carbonyl (C=O) groups is 3. The molecule has 5 rings (SSSR count). The van der Waals surface area contributed by atoms with Crippen molar-refractivity contribution in [3.63, 3.8) is 0 Å². The van der Waals surface area contributed by atoms with Crippen LogP contribution in [0.1, 0.15) is 67.4 Å². The number of amides is 2. The number of methoxy groups -OCH3 is 1. The highest BCUT2D eigenvalue weighted by molar-refractivity contribution is 7.18. The van der Waals surface area contributed by atoms with Gasteiger partial charge in [0.25, 0.3) is 0 Å². The summed E-state index contributed by atoms with van der Waals surface area (Å²) in [5.74, 6) is -0.598. The van der Waals surface area contributed by atoms with E-state index < -0.39 is 23.7 Å². The van der Waals surface area contributed by atoms with Gasteiger partial charge in [-0.1, -0.05) is 36.8 Å². The van der Waals surface area contributed by atoms with Gasteiger partial charge in [0, 0.05) is 22.7 Å². The van der Waals surface area contributed by atoms with Crippen molar-refractivity contribution in [2.45, 2.75) is 77.6 Å². The van der Waals surface area contributed by atoms with Crippen molar-refractivity contribution >= 4 is 35.0 Å². The number of benzene rings is 1. The molecule has 1 aliphatic heterocycles. The molecule has 3 aromatic rings. The van der Waals surface area contributed by atoms with E-state index in [0.717, 1.165) is 41.0 Å². The molecule has 9 nitrogen and oxygen atoms in total. The van der Waals surface area contributed by atoms with Crippen molar-refractivity contribution in [1.29, 1.82) is 0 Å². The van der Waals surface area contributed by atoms with E-state index in [4.69, 9.17) is 9.47 Å². The van der Waals surface area contributed by atoms with Gasteiger partial charge < -0.3 is 14.8 Å². The van der Waals surface area contributed by atoms with Gasteiger partial charge in [0.05, 0.1) is 25.0 Å². The fraction of sp³-hybridized carbons (Fsp3) is 0.467. The molecule has 2 fully saturated rings. The van der Waals surface area contributed by atoms with E-state index in [9.17, 15) is 14.4 Å². The monoisotopic (exact) mass is 564 g/mol. The summed E-state index contributed by atoms with van der Waals surface area (Å²) >= 11 is 1.25. The number of thiophene rings is 1. The molecular formula is C30H36N4O5S. The summed E-state index contributed by atoms with van der Waals surface area (Å²) in [6.45, 7) is 8.00. The van der Waals surface area contributed by atoms with Crippen LogP contribution in [-0.2, 0) is 20.8 Å². The first-order valence-corrected chi connectivity index (χ1v) is 14.5. The number of aromatic nitrogens is 2. The van der Waals surface area contributed by atoms with Crippen molar-refractivity contribution in [3.8, 4) is 10.4 Å². The lowest BCUT2D eigenvalue weighted by atomic mass is 10.0. The molecule has 40 heavy (non-hydrogen) atoms. The molecule has 3 heterocycles. The molecule has 1 N–H and O–H groups in total. The SMILES string of the molecule is COC(=O)c1sc(-c2cn(Cc3ccccc3)nc2C)cc1NC(=O)C1C[C@@H]2CCC[C@@H]2N1C(=O)OC(C)(C)C. The lowest BCUT2D eigenvalue weighted by Crippen LogP contribution is -2.48. The summed E-state index contributed by atoms with van der Waals surface area (Å²) < 4.78 is 12.6. The molecule has 2 amide bonds. The number of aryl methyl sites for hydroxylation is 1. The van der Waals surface area contributed by atoms with Crippen molar-refractivity contribution < 1.29 is 23.9 Å². The normalized spacial score (nSPS) is 20.3. The lowest BCUT2D eigenvalue weighted by Gasteiger charge is -2.31. The molecule has 2 aliphatic rings. The molecule has 2 aromatic heterocycles. The number of nitrogens with zero attached hydrogens (tertiary/aromatic N) is 3. The second kappa shape index (κ2) is 11.1. The van der Waals surface area contributed by atoms with Gasteiger partial charge in [-0.05, 0) is 64.5 Å². The zero-order valence-corrected chi connectivity index (χ0v) is 24.4. The average molecular weight is 565 g/mol. The molecule has 1 aliphatic carbocycles. The van der Waals surface area contributed by atoms with Gasteiger partial charge in [-0.25, -0.2) is 9.59 Å². The Kier molecular flexibility index (Phi) is 7.72. The third-order valence-corrected chi connectivity index (χ3v) is 8.65. The number of esters is 1. The van der Waals surface area contributed by atoms with Gasteiger partial charge in [-0.3, -0.25) is 14.4 Å². The fourth-order valence-electron chi connectivity index (χ4n) is 5.79. The molecule has 1 saturated carbocycles. The molecule has 1 saturated heterocycles. The summed E-state index contributed by atoms with van der Waals surface area (Å²) in [5.41, 5.74) is 2.51. The van der Waals surface area contributed by atoms with E-state index in [1.54, 1.807) is 11.0 Å². The third kappa shape index (κ3) is 5.77. The van der Waals surface area contributed by atoms with Crippen LogP contribution >= 0.6 is 11.3 Å². The lowest BCUT2D eigenvalue weighted by molar-refractivity contribution is -0.120. The standard InChI is InChI=1S/C30H36N4O5S/c1-18-21(17-33(32-18)16-19-10-7-6-8-11-19)25-15-22(26(40-25)28(36)38-5)31-27(35)24-14-20-12-9-13-23(20)34(24)29(37)39-30(2,3)4/h6-8,10-11,15,17,20,23-24H,9,12-14,16H2,1-5H3,(H,31,35)/t20-,23-,24?/m0/s1. The van der Waals surface area contributed by atoms with E-state index in [1.165, 1.54) is 18.4 Å². The third-order valence-electron chi connectivity index (χ3n) is 7.50. The largest absolute Gasteiger partial charge is 0.465 e. The molecule has 0 bridgehead atoms. The van der Waals surface area contributed by atoms with Crippen LogP contribution in [0.5, 0.6) is 0 Å². The van der Waals surface area contributed by atoms with Crippen LogP contribution in [0.2, 0.25) is 0 Å². The predicted octanol–water partition coefficient (Wildman–Crippen LogP) is 5.87. The first-order valence-electron chi connectivity index (χ1n) is 13.7. The van der Waals surface area contributed by atoms with E-state index in [2.05, 4.69) is 10.4 Å². The Morgan fingerprint density at radius 3 is 2.60 bits per heavy atom. The second-order valence-corrected chi connectivity index (χ2v) is 12.6. The Morgan fingerprint density at radius 1 is 1.15 bits per heavy atom. The summed E-state index contributed by atoms with van der Waals surface area (Å²) in [4.78, 5) is 42.3. The molecule has 0 spiro atoms. The van der Waals surface area contributed by atoms with Crippen LogP contribution in [0, 0.1) is 12.8 Å². The molecule has 3 atom stereocenters. The van der Waals surface area contributed by atoms with Gasteiger partial charge in [-0.2, -0.15) is 5.10 Å². The maximum atomic E-state index is 13.7. The predicted molar refractivity (Wildman–Crippen MR) is 153 cm³/mol. The molecule has 212 valence electrons. The highest BCUT2D eigenvalue weighted by Gasteiger charge is 2.50. The van der Waals surface area contributed by atoms with E-state index in [1.807, 2.05) is 68.9 Å². The summed E-state index contributed by atoms with van der Waals surface area (Å²) in [6, 6.07) is 11.2. The number of nitrogens with one attached hydrogen (secondary N) is 1. The second-order valence-electron chi connectivity index (χ2n) is 11.5. The van der Waals surface area contributed by atoms with E-state index >= 15 is 0 Å². The number of rotatable bonds is 6. The quantitative estimate of drug-likeness (QED) is 0.376. The number of hydrogen-bond acceptors (Lipinski definition) is 7. The Bertz CT molecular complexity index is 1410. The number of likely N-dealkylation sites (tertiary alicyclic amines) is 1. The summed E-state index contributed by atoms with van der Waals surface area (Å²) in [5, 5.41) is 7.62. The first kappa shape index (κ1) is 27.9. The smallest absolute Gasteiger partial charge is 0.411 e. The van der Waals surface area contributed by atoms with E-state index in [-0.39, 0.29) is 17.9 Å². The van der Waals surface area contributed by atoms with Crippen molar-refractivity contribution in [3.05, 3.63) is 58.7 Å². The van der Waals surface area contributed by atoms with Crippen LogP contribution in [0.3, 0.4) is 0 Å². The van der Waals surface area contributed by atoms with Crippen LogP contribution in [0.15, 0.2) is 42.6 Å². The Hall–Kier alpha value is -3.66. The Balaban J connectivity index is 1.41. The van der Waals surface area contributed by atoms with Crippen molar-refractivity contribution in [2.75, 3.05) is 12.4 Å². The topological polar surface area (TPSA) is 103 Å². The van der Waals surface area contributed by atoms with Crippen molar-refractivity contribution in [1.82, 2.24) is 14.7 Å². The zero-order chi connectivity index (χ0) is 28.6. The molecular weight excluding hydrogens is 528 g/mol. The van der Waals surface area contributed by atoms with Gasteiger partial charge in [0.15, 0.2) is 0 Å². The minimum absolute atomic E-state index is 0.0122. The molecule has 0 radical (unpaired) electrons. The minimum atomic E-state index is -0.672. The van der Waals surface area contributed by atoms with Gasteiger partial charge >= 0.3 is 12.1 Å². The molecule has 1 unspecified atom stereocenters. The van der Waals surface area contributed by atoms with Crippen LogP contribution in [-0.4, -0.2) is 57.4 Å². The van der Waals surface area contributed by atoms with Crippen LogP contribution < -0.4 is 5.32 Å². The van der Waals surface area contributed by atoms with Crippen molar-refractivity contribution in [2.24, 2.45) is 5.92 Å². The van der Waals surface area contributed by atoms with Crippen LogP contribution in [0.4, 0.5) is 10.5 Å². The van der Waals surface area contributed by atoms with E-state index in [0.29, 0.717) is 23.5 Å². The number of hydrogen-bond donors (Lipinski definition) is 1. The first-order chi connectivity index (χ1) is 19.0.